The molecule has 0 atom stereocenters. The minimum absolute atomic E-state index is 0. The summed E-state index contributed by atoms with van der Waals surface area (Å²) in [5.74, 6) is 2.12. The molecule has 0 unspecified atom stereocenters. The third kappa shape index (κ3) is 7.12. The topological polar surface area (TPSA) is 67.8 Å². The van der Waals surface area contributed by atoms with Gasteiger partial charge in [-0.25, -0.2) is 4.98 Å². The Labute approximate surface area is 189 Å². The van der Waals surface area contributed by atoms with Gasteiger partial charge >= 0.3 is 0 Å². The number of aliphatic imine (C=N–C) groups is 1. The lowest BCUT2D eigenvalue weighted by Gasteiger charge is -2.15. The van der Waals surface area contributed by atoms with Gasteiger partial charge < -0.3 is 20.1 Å². The van der Waals surface area contributed by atoms with E-state index in [1.807, 2.05) is 25.1 Å². The fourth-order valence-electron chi connectivity index (χ4n) is 2.39. The van der Waals surface area contributed by atoms with Crippen molar-refractivity contribution in [1.29, 1.82) is 0 Å². The van der Waals surface area contributed by atoms with Crippen LogP contribution in [0.15, 0.2) is 28.6 Å². The molecule has 2 N–H and O–H groups in total. The second-order valence-electron chi connectivity index (χ2n) is 7.05. The Morgan fingerprint density at radius 2 is 2.00 bits per heavy atom. The van der Waals surface area contributed by atoms with E-state index in [4.69, 9.17) is 14.5 Å². The molecule has 0 saturated carbocycles. The lowest BCUT2D eigenvalue weighted by Crippen LogP contribution is -2.32. The number of methoxy groups -OCH3 is 1. The summed E-state index contributed by atoms with van der Waals surface area (Å²) >= 11 is 1.71. The van der Waals surface area contributed by atoms with E-state index in [2.05, 4.69) is 41.8 Å². The molecule has 1 aromatic heterocycles. The van der Waals surface area contributed by atoms with Gasteiger partial charge in [0.2, 0.25) is 0 Å². The van der Waals surface area contributed by atoms with E-state index < -0.39 is 0 Å². The fourth-order valence-corrected chi connectivity index (χ4v) is 3.42. The van der Waals surface area contributed by atoms with Crippen molar-refractivity contribution in [2.24, 2.45) is 4.99 Å². The van der Waals surface area contributed by atoms with Crippen LogP contribution in [-0.4, -0.2) is 38.3 Å². The molecule has 0 fully saturated rings. The first-order valence-electron chi connectivity index (χ1n) is 9.10. The molecule has 28 heavy (non-hydrogen) atoms. The molecule has 1 heterocycles. The van der Waals surface area contributed by atoms with Gasteiger partial charge in [0, 0.05) is 42.6 Å². The van der Waals surface area contributed by atoms with Crippen molar-refractivity contribution in [2.75, 3.05) is 32.6 Å². The van der Waals surface area contributed by atoms with Crippen molar-refractivity contribution < 1.29 is 9.47 Å². The molecular weight excluding hydrogens is 487 g/mol. The number of rotatable bonds is 7. The van der Waals surface area contributed by atoms with Crippen molar-refractivity contribution in [1.82, 2.24) is 10.3 Å². The molecule has 8 heteroatoms. The van der Waals surface area contributed by atoms with Crippen LogP contribution in [0.4, 0.5) is 5.69 Å². The smallest absolute Gasteiger partial charge is 0.195 e. The van der Waals surface area contributed by atoms with Gasteiger partial charge in [0.1, 0.15) is 0 Å². The summed E-state index contributed by atoms with van der Waals surface area (Å²) in [5, 5.41) is 9.88. The van der Waals surface area contributed by atoms with Gasteiger partial charge in [-0.05, 0) is 19.1 Å². The zero-order valence-corrected chi connectivity index (χ0v) is 20.6. The SMILES string of the molecule is CCOc1ccc(NC(=NC)NCCc2nc(C(C)(C)C)cs2)cc1OC.I. The summed E-state index contributed by atoms with van der Waals surface area (Å²) in [7, 11) is 3.39. The van der Waals surface area contributed by atoms with Gasteiger partial charge in [-0.15, -0.1) is 35.3 Å². The van der Waals surface area contributed by atoms with Crippen LogP contribution in [0.25, 0.3) is 0 Å². The van der Waals surface area contributed by atoms with Crippen LogP contribution in [0.5, 0.6) is 11.5 Å². The molecule has 0 saturated heterocycles. The van der Waals surface area contributed by atoms with Gasteiger partial charge in [-0.2, -0.15) is 0 Å². The van der Waals surface area contributed by atoms with Crippen LogP contribution < -0.4 is 20.1 Å². The summed E-state index contributed by atoms with van der Waals surface area (Å²) in [6, 6.07) is 5.73. The molecule has 0 radical (unpaired) electrons. The van der Waals surface area contributed by atoms with Gasteiger partial charge in [-0.1, -0.05) is 20.8 Å². The summed E-state index contributed by atoms with van der Waals surface area (Å²) in [4.78, 5) is 9.00. The van der Waals surface area contributed by atoms with Gasteiger partial charge in [0.05, 0.1) is 24.4 Å². The molecule has 0 amide bonds. The number of anilines is 1. The van der Waals surface area contributed by atoms with Crippen LogP contribution in [0, 0.1) is 0 Å². The summed E-state index contributed by atoms with van der Waals surface area (Å²) in [6.45, 7) is 9.85. The van der Waals surface area contributed by atoms with Gasteiger partial charge in [0.15, 0.2) is 17.5 Å². The molecule has 0 aliphatic rings. The lowest BCUT2D eigenvalue weighted by molar-refractivity contribution is 0.311. The van der Waals surface area contributed by atoms with Crippen LogP contribution in [0.2, 0.25) is 0 Å². The predicted octanol–water partition coefficient (Wildman–Crippen LogP) is 4.70. The highest BCUT2D eigenvalue weighted by Crippen LogP contribution is 2.30. The van der Waals surface area contributed by atoms with Gasteiger partial charge in [-0.3, -0.25) is 4.99 Å². The van der Waals surface area contributed by atoms with Crippen LogP contribution >= 0.6 is 35.3 Å². The third-order valence-electron chi connectivity index (χ3n) is 3.90. The van der Waals surface area contributed by atoms with Crippen LogP contribution in [0.3, 0.4) is 0 Å². The Hall–Kier alpha value is -1.55. The maximum Gasteiger partial charge on any atom is 0.195 e. The standard InChI is InChI=1S/C20H30N4O2S.HI/c1-7-26-15-9-8-14(12-16(15)25-6)23-19(21-5)22-11-10-18-24-17(13-27-18)20(2,3)4;/h8-9,12-13H,7,10-11H2,1-6H3,(H2,21,22,23);1H. The second-order valence-corrected chi connectivity index (χ2v) is 7.99. The van der Waals surface area contributed by atoms with E-state index >= 15 is 0 Å². The Morgan fingerprint density at radius 3 is 2.57 bits per heavy atom. The van der Waals surface area contributed by atoms with Crippen LogP contribution in [-0.2, 0) is 11.8 Å². The number of nitrogens with zero attached hydrogens (tertiary/aromatic N) is 2. The number of hydrogen-bond acceptors (Lipinski definition) is 5. The second kappa shape index (κ2) is 11.5. The number of halogens is 1. The molecule has 0 spiro atoms. The number of nitrogens with one attached hydrogen (secondary N) is 2. The molecular formula is C20H31IN4O2S. The van der Waals surface area contributed by atoms with E-state index in [-0.39, 0.29) is 29.4 Å². The van der Waals surface area contributed by atoms with E-state index in [1.54, 1.807) is 25.5 Å². The van der Waals surface area contributed by atoms with Crippen molar-refractivity contribution in [3.63, 3.8) is 0 Å². The first kappa shape index (κ1) is 24.5. The Kier molecular flexibility index (Phi) is 10.0. The Balaban J connectivity index is 0.00000392. The highest BCUT2D eigenvalue weighted by molar-refractivity contribution is 14.0. The van der Waals surface area contributed by atoms with Crippen molar-refractivity contribution in [3.8, 4) is 11.5 Å². The summed E-state index contributed by atoms with van der Waals surface area (Å²) in [6.07, 6.45) is 0.855. The Morgan fingerprint density at radius 1 is 1.25 bits per heavy atom. The summed E-state index contributed by atoms with van der Waals surface area (Å²) < 4.78 is 10.9. The van der Waals surface area contributed by atoms with E-state index in [0.29, 0.717) is 18.3 Å². The maximum atomic E-state index is 5.55. The molecule has 0 aliphatic carbocycles. The molecule has 0 aliphatic heterocycles. The van der Waals surface area contributed by atoms with Crippen LogP contribution in [0.1, 0.15) is 38.4 Å². The molecule has 2 rings (SSSR count). The molecule has 2 aromatic rings. The highest BCUT2D eigenvalue weighted by atomic mass is 127. The van der Waals surface area contributed by atoms with Crippen molar-refractivity contribution in [3.05, 3.63) is 34.3 Å². The van der Waals surface area contributed by atoms with E-state index in [1.165, 1.54) is 0 Å². The first-order valence-corrected chi connectivity index (χ1v) is 9.98. The first-order chi connectivity index (χ1) is 12.9. The normalized spacial score (nSPS) is 11.6. The minimum atomic E-state index is 0. The average Bonchev–Trinajstić information content (AvgIpc) is 3.11. The number of ether oxygens (including phenoxy) is 2. The fraction of sp³-hybridized carbons (Fsp3) is 0.500. The number of benzene rings is 1. The number of thiazole rings is 1. The quantitative estimate of drug-likeness (QED) is 0.316. The number of aromatic nitrogens is 1. The molecule has 6 nitrogen and oxygen atoms in total. The highest BCUT2D eigenvalue weighted by Gasteiger charge is 2.17. The zero-order valence-electron chi connectivity index (χ0n) is 17.5. The number of guanidine groups is 1. The van der Waals surface area contributed by atoms with E-state index in [9.17, 15) is 0 Å². The Bertz CT molecular complexity index is 772. The lowest BCUT2D eigenvalue weighted by atomic mass is 9.93. The minimum Gasteiger partial charge on any atom is -0.493 e. The maximum absolute atomic E-state index is 5.55. The van der Waals surface area contributed by atoms with Crippen molar-refractivity contribution in [2.45, 2.75) is 39.5 Å². The third-order valence-corrected chi connectivity index (χ3v) is 4.81. The number of hydrogen-bond donors (Lipinski definition) is 2. The monoisotopic (exact) mass is 518 g/mol. The average molecular weight is 518 g/mol. The zero-order chi connectivity index (χ0) is 19.9. The van der Waals surface area contributed by atoms with Crippen molar-refractivity contribution >= 4 is 47.0 Å². The predicted molar refractivity (Wildman–Crippen MR) is 129 cm³/mol. The molecule has 0 bridgehead atoms. The van der Waals surface area contributed by atoms with E-state index in [0.717, 1.165) is 35.1 Å². The molecule has 1 aromatic carbocycles. The molecule has 156 valence electrons. The largest absolute Gasteiger partial charge is 0.493 e. The summed E-state index contributed by atoms with van der Waals surface area (Å²) in [5.41, 5.74) is 2.12. The van der Waals surface area contributed by atoms with Gasteiger partial charge in [0.25, 0.3) is 0 Å².